The number of carbonyl (C=O) groups excluding carboxylic acids is 1. The molecule has 1 saturated heterocycles. The third-order valence-electron chi connectivity index (χ3n) is 2.15. The predicted octanol–water partition coefficient (Wildman–Crippen LogP) is 1.79. The Hall–Kier alpha value is -1.93. The van der Waals surface area contributed by atoms with Crippen molar-refractivity contribution < 1.29 is 14.8 Å². The van der Waals surface area contributed by atoms with Crippen LogP contribution in [0.15, 0.2) is 23.1 Å². The van der Waals surface area contributed by atoms with Gasteiger partial charge in [0.2, 0.25) is 0 Å². The molecule has 1 heterocycles. The monoisotopic (exact) mass is 282 g/mol. The average Bonchev–Trinajstić information content (AvgIpc) is 2.60. The normalized spacial score (nSPS) is 17.0. The second-order valence-corrected chi connectivity index (χ2v) is 5.07. The first-order chi connectivity index (χ1) is 8.47. The highest BCUT2D eigenvalue weighted by Gasteiger charge is 2.22. The van der Waals surface area contributed by atoms with Crippen LogP contribution in [0.25, 0.3) is 6.08 Å². The quantitative estimate of drug-likeness (QED) is 0.372. The smallest absolute Gasteiger partial charge is 0.270 e. The molecular weight excluding hydrogens is 276 g/mol. The summed E-state index contributed by atoms with van der Waals surface area (Å²) in [4.78, 5) is 21.7. The van der Waals surface area contributed by atoms with Crippen LogP contribution >= 0.6 is 24.0 Å². The summed E-state index contributed by atoms with van der Waals surface area (Å²) < 4.78 is 0.316. The summed E-state index contributed by atoms with van der Waals surface area (Å²) in [5.74, 6) is -0.518. The molecule has 0 bridgehead atoms. The van der Waals surface area contributed by atoms with Gasteiger partial charge < -0.3 is 10.4 Å². The van der Waals surface area contributed by atoms with Gasteiger partial charge in [-0.3, -0.25) is 14.9 Å². The number of nitro benzene ring substituents is 1. The Labute approximate surface area is 111 Å². The Bertz CT molecular complexity index is 598. The van der Waals surface area contributed by atoms with Crippen LogP contribution in [-0.4, -0.2) is 20.3 Å². The van der Waals surface area contributed by atoms with Gasteiger partial charge >= 0.3 is 0 Å². The second kappa shape index (κ2) is 4.75. The minimum absolute atomic E-state index is 0.140. The van der Waals surface area contributed by atoms with Crippen molar-refractivity contribution in [2.24, 2.45) is 0 Å². The zero-order chi connectivity index (χ0) is 13.3. The summed E-state index contributed by atoms with van der Waals surface area (Å²) in [5.41, 5.74) is 0.0391. The maximum atomic E-state index is 11.4. The van der Waals surface area contributed by atoms with E-state index in [0.29, 0.717) is 4.32 Å². The van der Waals surface area contributed by atoms with Gasteiger partial charge in [0.25, 0.3) is 11.6 Å². The van der Waals surface area contributed by atoms with Crippen LogP contribution < -0.4 is 5.32 Å². The van der Waals surface area contributed by atoms with Crippen LogP contribution in [0, 0.1) is 10.1 Å². The molecule has 2 N–H and O–H groups in total. The lowest BCUT2D eigenvalue weighted by Gasteiger charge is -1.99. The fourth-order valence-corrected chi connectivity index (χ4v) is 2.37. The molecular formula is C10H6N2O4S2. The van der Waals surface area contributed by atoms with Gasteiger partial charge in [0.15, 0.2) is 0 Å². The largest absolute Gasteiger partial charge is 0.507 e. The van der Waals surface area contributed by atoms with Crippen molar-refractivity contribution in [3.05, 3.63) is 38.8 Å². The van der Waals surface area contributed by atoms with Gasteiger partial charge in [-0.1, -0.05) is 24.0 Å². The highest BCUT2D eigenvalue weighted by molar-refractivity contribution is 8.26. The number of nitrogens with zero attached hydrogens (tertiary/aromatic N) is 1. The number of thioether (sulfide) groups is 1. The Morgan fingerprint density at radius 3 is 2.78 bits per heavy atom. The minimum atomic E-state index is -0.575. The summed E-state index contributed by atoms with van der Waals surface area (Å²) >= 11 is 5.85. The van der Waals surface area contributed by atoms with Crippen LogP contribution in [0.1, 0.15) is 5.56 Å². The fraction of sp³-hybridized carbons (Fsp3) is 0. The molecule has 1 aromatic carbocycles. The van der Waals surface area contributed by atoms with Crippen molar-refractivity contribution in [1.82, 2.24) is 5.32 Å². The first-order valence-corrected chi connectivity index (χ1v) is 5.92. The van der Waals surface area contributed by atoms with Crippen LogP contribution in [-0.2, 0) is 4.79 Å². The van der Waals surface area contributed by atoms with E-state index in [2.05, 4.69) is 5.32 Å². The lowest BCUT2D eigenvalue weighted by Crippen LogP contribution is -2.17. The Balaban J connectivity index is 2.42. The number of benzene rings is 1. The summed E-state index contributed by atoms with van der Waals surface area (Å²) in [6.07, 6.45) is 1.36. The molecule has 0 radical (unpaired) electrons. The number of rotatable bonds is 2. The molecule has 1 amide bonds. The van der Waals surface area contributed by atoms with Crippen molar-refractivity contribution >= 4 is 46.0 Å². The van der Waals surface area contributed by atoms with E-state index in [0.717, 1.165) is 11.8 Å². The number of nitro groups is 1. The van der Waals surface area contributed by atoms with Crippen molar-refractivity contribution in [1.29, 1.82) is 0 Å². The van der Waals surface area contributed by atoms with Crippen LogP contribution in [0.3, 0.4) is 0 Å². The molecule has 0 unspecified atom stereocenters. The zero-order valence-electron chi connectivity index (χ0n) is 8.75. The van der Waals surface area contributed by atoms with Gasteiger partial charge in [0, 0.05) is 17.7 Å². The number of thiocarbonyl (C=S) groups is 1. The zero-order valence-corrected chi connectivity index (χ0v) is 10.4. The maximum Gasteiger partial charge on any atom is 0.270 e. The Morgan fingerprint density at radius 2 is 2.22 bits per heavy atom. The second-order valence-electron chi connectivity index (χ2n) is 3.35. The molecule has 8 heteroatoms. The van der Waals surface area contributed by atoms with Crippen molar-refractivity contribution in [2.45, 2.75) is 0 Å². The summed E-state index contributed by atoms with van der Waals surface area (Å²) in [6.45, 7) is 0. The molecule has 0 atom stereocenters. The van der Waals surface area contributed by atoms with E-state index < -0.39 is 4.92 Å². The van der Waals surface area contributed by atoms with E-state index in [1.807, 2.05) is 0 Å². The topological polar surface area (TPSA) is 92.5 Å². The van der Waals surface area contributed by atoms with Gasteiger partial charge in [-0.05, 0) is 12.1 Å². The van der Waals surface area contributed by atoms with E-state index >= 15 is 0 Å². The number of phenolic OH excluding ortho intramolecular Hbond substituents is 1. The van der Waals surface area contributed by atoms with Gasteiger partial charge in [0.1, 0.15) is 10.1 Å². The molecule has 6 nitrogen and oxygen atoms in total. The maximum absolute atomic E-state index is 11.4. The lowest BCUT2D eigenvalue weighted by atomic mass is 10.1. The number of aromatic hydroxyl groups is 1. The molecule has 1 aliphatic rings. The number of nitrogens with one attached hydrogen (secondary N) is 1. The van der Waals surface area contributed by atoms with Crippen LogP contribution in [0.4, 0.5) is 5.69 Å². The van der Waals surface area contributed by atoms with Crippen LogP contribution in [0.2, 0.25) is 0 Å². The highest BCUT2D eigenvalue weighted by Crippen LogP contribution is 2.30. The first kappa shape index (κ1) is 12.5. The van der Waals surface area contributed by atoms with Crippen molar-refractivity contribution in [3.8, 4) is 5.75 Å². The molecule has 1 aromatic rings. The summed E-state index contributed by atoms with van der Waals surface area (Å²) in [5, 5.41) is 22.6. The standard InChI is InChI=1S/C10H6N2O4S2/c13-7-2-1-6(12(15)16)3-5(7)4-8-9(14)11-10(17)18-8/h1-4,13H,(H,11,14,17)/b8-4+. The number of non-ortho nitro benzene ring substituents is 1. The van der Waals surface area contributed by atoms with E-state index in [1.54, 1.807) is 0 Å². The van der Waals surface area contributed by atoms with Gasteiger partial charge in [0.05, 0.1) is 9.83 Å². The summed E-state index contributed by atoms with van der Waals surface area (Å²) in [6, 6.07) is 3.59. The lowest BCUT2D eigenvalue weighted by molar-refractivity contribution is -0.384. The third kappa shape index (κ3) is 2.49. The molecule has 18 heavy (non-hydrogen) atoms. The molecule has 0 spiro atoms. The molecule has 92 valence electrons. The van der Waals surface area contributed by atoms with E-state index in [1.165, 1.54) is 24.3 Å². The Morgan fingerprint density at radius 1 is 1.50 bits per heavy atom. The first-order valence-electron chi connectivity index (χ1n) is 4.69. The molecule has 0 aromatic heterocycles. The average molecular weight is 282 g/mol. The molecule has 0 saturated carbocycles. The van der Waals surface area contributed by atoms with E-state index in [-0.39, 0.29) is 27.8 Å². The predicted molar refractivity (Wildman–Crippen MR) is 71.1 cm³/mol. The van der Waals surface area contributed by atoms with Gasteiger partial charge in [-0.2, -0.15) is 0 Å². The number of amides is 1. The van der Waals surface area contributed by atoms with Gasteiger partial charge in [-0.15, -0.1) is 0 Å². The molecule has 1 aliphatic heterocycles. The number of hydrogen-bond donors (Lipinski definition) is 2. The minimum Gasteiger partial charge on any atom is -0.507 e. The van der Waals surface area contributed by atoms with Gasteiger partial charge in [-0.25, -0.2) is 0 Å². The van der Waals surface area contributed by atoms with E-state index in [9.17, 15) is 20.0 Å². The molecule has 1 fully saturated rings. The highest BCUT2D eigenvalue weighted by atomic mass is 32.2. The summed E-state index contributed by atoms with van der Waals surface area (Å²) in [7, 11) is 0. The van der Waals surface area contributed by atoms with Crippen LogP contribution in [0.5, 0.6) is 5.75 Å². The fourth-order valence-electron chi connectivity index (χ4n) is 1.33. The molecule has 2 rings (SSSR count). The van der Waals surface area contributed by atoms with Crippen molar-refractivity contribution in [2.75, 3.05) is 0 Å². The number of hydrogen-bond acceptors (Lipinski definition) is 6. The SMILES string of the molecule is O=C1NC(=S)S/C1=C/c1cc([N+](=O)[O-])ccc1O. The van der Waals surface area contributed by atoms with E-state index in [4.69, 9.17) is 12.2 Å². The molecule has 0 aliphatic carbocycles. The van der Waals surface area contributed by atoms with Crippen molar-refractivity contribution in [3.63, 3.8) is 0 Å². The Kier molecular flexibility index (Phi) is 3.30. The third-order valence-corrected chi connectivity index (χ3v) is 3.31. The number of phenols is 1. The number of carbonyl (C=O) groups is 1.